The van der Waals surface area contributed by atoms with Crippen LogP contribution < -0.4 is 15.4 Å². The average Bonchev–Trinajstić information content (AvgIpc) is 3.82. The van der Waals surface area contributed by atoms with Gasteiger partial charge in [-0.2, -0.15) is 0 Å². The lowest BCUT2D eigenvalue weighted by molar-refractivity contribution is -0.176. The molecule has 2 aromatic carbocycles. The molecule has 0 bridgehead atoms. The first-order valence-electron chi connectivity index (χ1n) is 16.2. The average molecular weight is 704 g/mol. The van der Waals surface area contributed by atoms with Crippen molar-refractivity contribution in [1.29, 1.82) is 0 Å². The zero-order valence-electron chi connectivity index (χ0n) is 28.1. The van der Waals surface area contributed by atoms with Gasteiger partial charge in [-0.15, -0.1) is 0 Å². The number of hydrogen-bond acceptors (Lipinski definition) is 8. The summed E-state index contributed by atoms with van der Waals surface area (Å²) < 4.78 is 23.0. The van der Waals surface area contributed by atoms with Gasteiger partial charge < -0.3 is 29.6 Å². The molecule has 260 valence electrons. The molecule has 7 atom stereocenters. The lowest BCUT2D eigenvalue weighted by Gasteiger charge is -2.27. The third-order valence-electron chi connectivity index (χ3n) is 8.55. The van der Waals surface area contributed by atoms with Crippen molar-refractivity contribution in [2.24, 2.45) is 17.8 Å². The highest BCUT2D eigenvalue weighted by molar-refractivity contribution is 6.32. The standard InChI is InChI=1S/C36H44Cl2N2O8/c1-19(2)14-30-36(44)46-28(22(5)32-33(48-32)25-12-11-24(37)15-20(25)3)8-7-9-31(41)40-27(34(42)39-18-21(4)35(43)47-30)17-23-10-13-29(45-6)26(38)16-23/h7,9-13,15-16,19,21-22,27-28,30,32-33H,8,14,17-18H2,1-6H3,(H,39,42)(H,40,41)/t21-,22+,27-,28+,30+,32-,33?/m1/s1. The van der Waals surface area contributed by atoms with E-state index in [1.807, 2.05) is 45.9 Å². The van der Waals surface area contributed by atoms with E-state index in [4.69, 9.17) is 42.1 Å². The highest BCUT2D eigenvalue weighted by atomic mass is 35.5. The molecule has 48 heavy (non-hydrogen) atoms. The highest BCUT2D eigenvalue weighted by Crippen LogP contribution is 2.46. The number of carbonyl (C=O) groups excluding carboxylic acids is 4. The fourth-order valence-electron chi connectivity index (χ4n) is 5.69. The van der Waals surface area contributed by atoms with E-state index in [2.05, 4.69) is 10.6 Å². The van der Waals surface area contributed by atoms with Crippen LogP contribution in [0.25, 0.3) is 0 Å². The lowest BCUT2D eigenvalue weighted by Crippen LogP contribution is -2.49. The third-order valence-corrected chi connectivity index (χ3v) is 9.08. The Morgan fingerprint density at radius 3 is 2.42 bits per heavy atom. The first-order valence-corrected chi connectivity index (χ1v) is 16.9. The predicted molar refractivity (Wildman–Crippen MR) is 182 cm³/mol. The SMILES string of the molecule is COc1ccc(C[C@H]2NC(=O)C=CC[C@@H]([C@H](C)[C@H]3OC3c3ccc(Cl)cc3C)OC(=O)[C@H](CC(C)C)OC(=O)[C@H](C)CNC2=O)cc1Cl. The third kappa shape index (κ3) is 9.96. The lowest BCUT2D eigenvalue weighted by atomic mass is 9.92. The molecular formula is C36H44Cl2N2O8. The summed E-state index contributed by atoms with van der Waals surface area (Å²) in [6, 6.07) is 9.74. The van der Waals surface area contributed by atoms with E-state index in [0.29, 0.717) is 21.4 Å². The Kier molecular flexibility index (Phi) is 12.9. The molecule has 0 aromatic heterocycles. The maximum atomic E-state index is 13.5. The van der Waals surface area contributed by atoms with Crippen molar-refractivity contribution in [3.8, 4) is 5.75 Å². The van der Waals surface area contributed by atoms with Gasteiger partial charge in [0, 0.05) is 30.3 Å². The molecule has 1 fully saturated rings. The Morgan fingerprint density at radius 2 is 1.75 bits per heavy atom. The minimum Gasteiger partial charge on any atom is -0.495 e. The predicted octanol–water partition coefficient (Wildman–Crippen LogP) is 5.70. The number of esters is 2. The van der Waals surface area contributed by atoms with Crippen molar-refractivity contribution in [2.45, 2.75) is 84.3 Å². The Morgan fingerprint density at radius 1 is 1.00 bits per heavy atom. The number of aryl methyl sites for hydroxylation is 1. The van der Waals surface area contributed by atoms with Crippen LogP contribution in [0.3, 0.4) is 0 Å². The second-order valence-corrected chi connectivity index (χ2v) is 13.8. The molecule has 0 aliphatic carbocycles. The van der Waals surface area contributed by atoms with Crippen LogP contribution in [0.1, 0.15) is 63.3 Å². The van der Waals surface area contributed by atoms with Crippen molar-refractivity contribution in [3.05, 3.63) is 75.3 Å². The maximum absolute atomic E-state index is 13.5. The van der Waals surface area contributed by atoms with E-state index >= 15 is 0 Å². The zero-order chi connectivity index (χ0) is 35.1. The van der Waals surface area contributed by atoms with E-state index in [0.717, 1.165) is 11.1 Å². The van der Waals surface area contributed by atoms with E-state index in [-0.39, 0.29) is 49.9 Å². The van der Waals surface area contributed by atoms with E-state index in [9.17, 15) is 19.2 Å². The van der Waals surface area contributed by atoms with Gasteiger partial charge in [-0.25, -0.2) is 4.79 Å². The van der Waals surface area contributed by atoms with E-state index in [1.165, 1.54) is 13.2 Å². The summed E-state index contributed by atoms with van der Waals surface area (Å²) in [4.78, 5) is 53.2. The van der Waals surface area contributed by atoms with Gasteiger partial charge in [0.25, 0.3) is 0 Å². The van der Waals surface area contributed by atoms with Crippen molar-refractivity contribution in [3.63, 3.8) is 0 Å². The molecule has 2 amide bonds. The summed E-state index contributed by atoms with van der Waals surface area (Å²) in [7, 11) is 1.50. The molecule has 2 aromatic rings. The van der Waals surface area contributed by atoms with Crippen LogP contribution >= 0.6 is 23.2 Å². The van der Waals surface area contributed by atoms with E-state index < -0.39 is 47.9 Å². The number of rotatable bonds is 8. The van der Waals surface area contributed by atoms with Crippen molar-refractivity contribution in [1.82, 2.24) is 10.6 Å². The number of amides is 2. The van der Waals surface area contributed by atoms with Crippen LogP contribution in [0, 0.1) is 24.7 Å². The van der Waals surface area contributed by atoms with Gasteiger partial charge in [0.2, 0.25) is 11.8 Å². The summed E-state index contributed by atoms with van der Waals surface area (Å²) in [6.45, 7) is 9.23. The molecule has 2 N–H and O–H groups in total. The molecular weight excluding hydrogens is 659 g/mol. The van der Waals surface area contributed by atoms with Crippen LogP contribution in [-0.2, 0) is 39.8 Å². The molecule has 0 spiro atoms. The minimum absolute atomic E-state index is 0.0201. The molecule has 10 nitrogen and oxygen atoms in total. The number of methoxy groups -OCH3 is 1. The summed E-state index contributed by atoms with van der Waals surface area (Å²) in [5, 5.41) is 6.48. The maximum Gasteiger partial charge on any atom is 0.347 e. The number of carbonyl (C=O) groups is 4. The Labute approximate surface area is 291 Å². The number of benzene rings is 2. The fourth-order valence-corrected chi connectivity index (χ4v) is 6.19. The smallest absolute Gasteiger partial charge is 0.347 e. The second kappa shape index (κ2) is 16.7. The Hall–Kier alpha value is -3.60. The summed E-state index contributed by atoms with van der Waals surface area (Å²) in [5.74, 6) is -2.90. The normalized spacial score (nSPS) is 26.3. The molecule has 1 saturated heterocycles. The van der Waals surface area contributed by atoms with Gasteiger partial charge >= 0.3 is 11.9 Å². The van der Waals surface area contributed by atoms with Gasteiger partial charge in [0.15, 0.2) is 6.10 Å². The monoisotopic (exact) mass is 702 g/mol. The van der Waals surface area contributed by atoms with Crippen molar-refractivity contribution in [2.75, 3.05) is 13.7 Å². The zero-order valence-corrected chi connectivity index (χ0v) is 29.6. The van der Waals surface area contributed by atoms with Gasteiger partial charge in [-0.3, -0.25) is 14.4 Å². The number of nitrogens with one attached hydrogen (secondary N) is 2. The van der Waals surface area contributed by atoms with Gasteiger partial charge in [-0.1, -0.05) is 69.1 Å². The highest BCUT2D eigenvalue weighted by Gasteiger charge is 2.48. The first kappa shape index (κ1) is 37.2. The molecule has 4 rings (SSSR count). The number of cyclic esters (lactones) is 2. The quantitative estimate of drug-likeness (QED) is 0.265. The van der Waals surface area contributed by atoms with Crippen LogP contribution in [0.15, 0.2) is 48.6 Å². The number of halogens is 2. The van der Waals surface area contributed by atoms with Gasteiger partial charge in [0.05, 0.1) is 24.2 Å². The summed E-state index contributed by atoms with van der Waals surface area (Å²) in [6.07, 6.45) is 1.17. The van der Waals surface area contributed by atoms with Gasteiger partial charge in [0.1, 0.15) is 24.0 Å². The second-order valence-electron chi connectivity index (χ2n) is 12.9. The molecule has 2 aliphatic rings. The fraction of sp³-hybridized carbons (Fsp3) is 0.500. The first-order chi connectivity index (χ1) is 22.8. The molecule has 12 heteroatoms. The van der Waals surface area contributed by atoms with Crippen molar-refractivity contribution < 1.29 is 38.1 Å². The largest absolute Gasteiger partial charge is 0.495 e. The Balaban J connectivity index is 1.59. The summed E-state index contributed by atoms with van der Waals surface area (Å²) in [5.41, 5.74) is 2.68. The van der Waals surface area contributed by atoms with E-state index in [1.54, 1.807) is 31.2 Å². The molecule has 0 radical (unpaired) electrons. The van der Waals surface area contributed by atoms with Crippen molar-refractivity contribution >= 4 is 47.0 Å². The summed E-state index contributed by atoms with van der Waals surface area (Å²) >= 11 is 12.5. The van der Waals surface area contributed by atoms with Crippen LogP contribution in [-0.4, -0.2) is 61.8 Å². The number of epoxide rings is 1. The molecule has 2 heterocycles. The van der Waals surface area contributed by atoms with Crippen LogP contribution in [0.2, 0.25) is 10.0 Å². The molecule has 1 unspecified atom stereocenters. The Bertz CT molecular complexity index is 1530. The molecule has 2 aliphatic heterocycles. The number of hydrogen-bond donors (Lipinski definition) is 2. The van der Waals surface area contributed by atoms with Crippen LogP contribution in [0.5, 0.6) is 5.75 Å². The number of ether oxygens (including phenoxy) is 4. The molecule has 0 saturated carbocycles. The topological polar surface area (TPSA) is 133 Å². The van der Waals surface area contributed by atoms with Gasteiger partial charge in [-0.05, 0) is 66.3 Å². The minimum atomic E-state index is -1.15. The van der Waals surface area contributed by atoms with Crippen LogP contribution in [0.4, 0.5) is 0 Å².